The van der Waals surface area contributed by atoms with Crippen LogP contribution in [-0.4, -0.2) is 16.1 Å². The van der Waals surface area contributed by atoms with Gasteiger partial charge in [-0.15, -0.1) is 0 Å². The maximum Gasteiger partial charge on any atom is 0.150 e. The average molecular weight is 272 g/mol. The van der Waals surface area contributed by atoms with Gasteiger partial charge in [-0.25, -0.2) is 0 Å². The molecule has 20 heavy (non-hydrogen) atoms. The van der Waals surface area contributed by atoms with E-state index in [9.17, 15) is 4.79 Å². The summed E-state index contributed by atoms with van der Waals surface area (Å²) in [5.41, 5.74) is 1.51. The van der Waals surface area contributed by atoms with Crippen LogP contribution in [0.2, 0.25) is 0 Å². The Labute approximate surface area is 119 Å². The maximum absolute atomic E-state index is 10.7. The highest BCUT2D eigenvalue weighted by molar-refractivity contribution is 5.75. The van der Waals surface area contributed by atoms with Gasteiger partial charge in [0.1, 0.15) is 18.6 Å². The smallest absolute Gasteiger partial charge is 0.150 e. The van der Waals surface area contributed by atoms with E-state index in [1.54, 1.807) is 12.1 Å². The van der Waals surface area contributed by atoms with Crippen LogP contribution >= 0.6 is 0 Å². The summed E-state index contributed by atoms with van der Waals surface area (Å²) in [5, 5.41) is 4.53. The van der Waals surface area contributed by atoms with Gasteiger partial charge in [-0.3, -0.25) is 9.48 Å². The Bertz CT molecular complexity index is 559. The molecule has 0 aliphatic heterocycles. The highest BCUT2D eigenvalue weighted by atomic mass is 16.5. The minimum Gasteiger partial charge on any atom is -0.487 e. The number of rotatable bonds is 7. The second kappa shape index (κ2) is 6.89. The van der Waals surface area contributed by atoms with E-state index < -0.39 is 0 Å². The lowest BCUT2D eigenvalue weighted by atomic mass is 10.2. The fourth-order valence-electron chi connectivity index (χ4n) is 2.16. The van der Waals surface area contributed by atoms with Gasteiger partial charge in [0, 0.05) is 11.8 Å². The van der Waals surface area contributed by atoms with Crippen LogP contribution in [0.3, 0.4) is 0 Å². The summed E-state index contributed by atoms with van der Waals surface area (Å²) in [6.07, 6.45) is 4.95. The second-order valence-corrected chi connectivity index (χ2v) is 4.74. The van der Waals surface area contributed by atoms with Crippen LogP contribution in [0.1, 0.15) is 48.8 Å². The third-order valence-corrected chi connectivity index (χ3v) is 3.36. The highest BCUT2D eigenvalue weighted by Crippen LogP contribution is 2.16. The number of carbonyl (C=O) groups excluding carboxylic acids is 1. The molecule has 1 aromatic heterocycles. The first kappa shape index (κ1) is 14.3. The number of hydrogen-bond acceptors (Lipinski definition) is 3. The van der Waals surface area contributed by atoms with Gasteiger partial charge >= 0.3 is 0 Å². The van der Waals surface area contributed by atoms with Gasteiger partial charge in [-0.2, -0.15) is 5.10 Å². The summed E-state index contributed by atoms with van der Waals surface area (Å²) < 4.78 is 7.66. The third-order valence-electron chi connectivity index (χ3n) is 3.36. The first-order valence-electron chi connectivity index (χ1n) is 6.98. The summed E-state index contributed by atoms with van der Waals surface area (Å²) in [6.45, 7) is 4.74. The molecular formula is C16H20N2O2. The molecule has 0 aliphatic rings. The van der Waals surface area contributed by atoms with E-state index in [0.29, 0.717) is 24.0 Å². The zero-order valence-corrected chi connectivity index (χ0v) is 12.0. The number of aldehydes is 1. The number of hydrogen-bond donors (Lipinski definition) is 0. The first-order valence-corrected chi connectivity index (χ1v) is 6.98. The SMILES string of the molecule is CCC(CC)n1ccc(COc2cccc(C=O)c2)n1. The Balaban J connectivity index is 1.98. The number of benzene rings is 1. The van der Waals surface area contributed by atoms with Gasteiger partial charge in [-0.1, -0.05) is 26.0 Å². The average Bonchev–Trinajstić information content (AvgIpc) is 2.95. The Hall–Kier alpha value is -2.10. The molecule has 0 N–H and O–H groups in total. The zero-order valence-electron chi connectivity index (χ0n) is 12.0. The van der Waals surface area contributed by atoms with Crippen molar-refractivity contribution in [1.29, 1.82) is 0 Å². The standard InChI is InChI=1S/C16H20N2O2/c1-3-15(4-2)18-9-8-14(17-18)12-20-16-7-5-6-13(10-16)11-19/h5-11,15H,3-4,12H2,1-2H3. The minimum absolute atomic E-state index is 0.412. The highest BCUT2D eigenvalue weighted by Gasteiger charge is 2.08. The summed E-state index contributed by atoms with van der Waals surface area (Å²) in [6, 6.07) is 9.54. The molecule has 0 fully saturated rings. The molecule has 2 aromatic rings. The molecule has 0 unspecified atom stereocenters. The summed E-state index contributed by atoms with van der Waals surface area (Å²) >= 11 is 0. The lowest BCUT2D eigenvalue weighted by Gasteiger charge is -2.12. The molecule has 1 aromatic carbocycles. The van der Waals surface area contributed by atoms with Gasteiger partial charge in [0.15, 0.2) is 0 Å². The Morgan fingerprint density at radius 1 is 1.30 bits per heavy atom. The van der Waals surface area contributed by atoms with E-state index in [1.807, 2.05) is 29.1 Å². The molecule has 2 rings (SSSR count). The van der Waals surface area contributed by atoms with Crippen LogP contribution < -0.4 is 4.74 Å². The fraction of sp³-hybridized carbons (Fsp3) is 0.375. The van der Waals surface area contributed by atoms with E-state index in [0.717, 1.165) is 24.8 Å². The summed E-state index contributed by atoms with van der Waals surface area (Å²) in [5.74, 6) is 0.687. The molecule has 0 saturated heterocycles. The van der Waals surface area contributed by atoms with Crippen molar-refractivity contribution >= 4 is 6.29 Å². The Morgan fingerprint density at radius 3 is 2.80 bits per heavy atom. The van der Waals surface area contributed by atoms with Crippen LogP contribution in [-0.2, 0) is 6.61 Å². The van der Waals surface area contributed by atoms with Crippen LogP contribution in [0.5, 0.6) is 5.75 Å². The van der Waals surface area contributed by atoms with Gasteiger partial charge in [0.05, 0.1) is 11.7 Å². The van der Waals surface area contributed by atoms with E-state index in [1.165, 1.54) is 0 Å². The molecular weight excluding hydrogens is 252 g/mol. The predicted octanol–water partition coefficient (Wildman–Crippen LogP) is 3.64. The monoisotopic (exact) mass is 272 g/mol. The number of ether oxygens (including phenoxy) is 1. The molecule has 0 amide bonds. The molecule has 0 saturated carbocycles. The molecule has 4 nitrogen and oxygen atoms in total. The molecule has 4 heteroatoms. The zero-order chi connectivity index (χ0) is 14.4. The summed E-state index contributed by atoms with van der Waals surface area (Å²) in [7, 11) is 0. The number of aromatic nitrogens is 2. The molecule has 0 atom stereocenters. The quantitative estimate of drug-likeness (QED) is 0.723. The predicted molar refractivity (Wildman–Crippen MR) is 78.0 cm³/mol. The molecule has 0 radical (unpaired) electrons. The minimum atomic E-state index is 0.412. The van der Waals surface area contributed by atoms with Crippen molar-refractivity contribution in [3.05, 3.63) is 47.8 Å². The van der Waals surface area contributed by atoms with E-state index in [4.69, 9.17) is 4.74 Å². The molecule has 0 spiro atoms. The van der Waals surface area contributed by atoms with Crippen LogP contribution in [0.25, 0.3) is 0 Å². The number of carbonyl (C=O) groups is 1. The second-order valence-electron chi connectivity index (χ2n) is 4.74. The summed E-state index contributed by atoms with van der Waals surface area (Å²) in [4.78, 5) is 10.7. The maximum atomic E-state index is 10.7. The van der Waals surface area contributed by atoms with Crippen LogP contribution in [0.15, 0.2) is 36.5 Å². The van der Waals surface area contributed by atoms with Crippen molar-refractivity contribution in [3.8, 4) is 5.75 Å². The molecule has 0 bridgehead atoms. The lowest BCUT2D eigenvalue weighted by Crippen LogP contribution is -2.08. The van der Waals surface area contributed by atoms with Crippen molar-refractivity contribution in [2.45, 2.75) is 39.3 Å². The number of nitrogens with zero attached hydrogens (tertiary/aromatic N) is 2. The molecule has 106 valence electrons. The molecule has 1 heterocycles. The van der Waals surface area contributed by atoms with Crippen LogP contribution in [0.4, 0.5) is 0 Å². The van der Waals surface area contributed by atoms with Gasteiger partial charge < -0.3 is 4.74 Å². The fourth-order valence-corrected chi connectivity index (χ4v) is 2.16. The normalized spacial score (nSPS) is 10.8. The van der Waals surface area contributed by atoms with Gasteiger partial charge in [0.2, 0.25) is 0 Å². The third kappa shape index (κ3) is 3.47. The molecule has 0 aliphatic carbocycles. The van der Waals surface area contributed by atoms with Crippen molar-refractivity contribution in [2.24, 2.45) is 0 Å². The Morgan fingerprint density at radius 2 is 2.10 bits per heavy atom. The van der Waals surface area contributed by atoms with Crippen molar-refractivity contribution in [1.82, 2.24) is 9.78 Å². The first-order chi connectivity index (χ1) is 9.76. The van der Waals surface area contributed by atoms with E-state index in [-0.39, 0.29) is 0 Å². The van der Waals surface area contributed by atoms with Gasteiger partial charge in [0.25, 0.3) is 0 Å². The van der Waals surface area contributed by atoms with Crippen molar-refractivity contribution in [2.75, 3.05) is 0 Å². The Kier molecular flexibility index (Phi) is 4.93. The largest absolute Gasteiger partial charge is 0.487 e. The lowest BCUT2D eigenvalue weighted by molar-refractivity contribution is 0.112. The van der Waals surface area contributed by atoms with Gasteiger partial charge in [-0.05, 0) is 31.0 Å². The van der Waals surface area contributed by atoms with Crippen LogP contribution in [0, 0.1) is 0 Å². The van der Waals surface area contributed by atoms with Crippen molar-refractivity contribution < 1.29 is 9.53 Å². The van der Waals surface area contributed by atoms with Crippen molar-refractivity contribution in [3.63, 3.8) is 0 Å². The van der Waals surface area contributed by atoms with E-state index in [2.05, 4.69) is 18.9 Å². The van der Waals surface area contributed by atoms with E-state index >= 15 is 0 Å². The topological polar surface area (TPSA) is 44.1 Å².